The molecule has 6 nitrogen and oxygen atoms in total. The van der Waals surface area contributed by atoms with Crippen molar-refractivity contribution in [1.29, 1.82) is 0 Å². The average Bonchev–Trinajstić information content (AvgIpc) is 3.23. The number of methoxy groups -OCH3 is 1. The van der Waals surface area contributed by atoms with Gasteiger partial charge in [0.25, 0.3) is 11.5 Å². The molecule has 5 rings (SSSR count). The molecule has 0 radical (unpaired) electrons. The number of amides is 1. The van der Waals surface area contributed by atoms with Crippen molar-refractivity contribution >= 4 is 43.9 Å². The van der Waals surface area contributed by atoms with Crippen LogP contribution < -0.4 is 15.6 Å². The Morgan fingerprint density at radius 3 is 2.53 bits per heavy atom. The molecule has 1 amide bonds. The number of hydrogen-bond acceptors (Lipinski definition) is 5. The molecule has 158 valence electrons. The molecular formula is C25H19N3O3S. The molecule has 2 aromatic carbocycles. The highest BCUT2D eigenvalue weighted by Gasteiger charge is 2.25. The summed E-state index contributed by atoms with van der Waals surface area (Å²) >= 11 is 1.27. The van der Waals surface area contributed by atoms with Crippen molar-refractivity contribution in [3.05, 3.63) is 99.9 Å². The molecule has 7 heteroatoms. The van der Waals surface area contributed by atoms with Crippen molar-refractivity contribution in [2.75, 3.05) is 12.4 Å². The Labute approximate surface area is 187 Å². The van der Waals surface area contributed by atoms with Crippen LogP contribution in [0.1, 0.15) is 15.4 Å². The second-order valence-corrected chi connectivity index (χ2v) is 8.24. The molecule has 0 fully saturated rings. The first kappa shape index (κ1) is 20.0. The van der Waals surface area contributed by atoms with Crippen LogP contribution in [0.3, 0.4) is 0 Å². The second-order valence-electron chi connectivity index (χ2n) is 7.22. The first-order valence-corrected chi connectivity index (χ1v) is 10.9. The number of carbonyl (C=O) groups excluding carboxylic acids is 1. The van der Waals surface area contributed by atoms with Gasteiger partial charge in [0.2, 0.25) is 0 Å². The third kappa shape index (κ3) is 3.42. The van der Waals surface area contributed by atoms with Gasteiger partial charge in [-0.15, -0.1) is 11.3 Å². The van der Waals surface area contributed by atoms with Crippen LogP contribution in [0.5, 0.6) is 5.75 Å². The van der Waals surface area contributed by atoms with Crippen molar-refractivity contribution in [1.82, 2.24) is 9.55 Å². The van der Waals surface area contributed by atoms with Crippen LogP contribution >= 0.6 is 11.3 Å². The van der Waals surface area contributed by atoms with Crippen LogP contribution in [0, 0.1) is 0 Å². The van der Waals surface area contributed by atoms with Crippen molar-refractivity contribution in [2.24, 2.45) is 0 Å². The summed E-state index contributed by atoms with van der Waals surface area (Å²) in [5.41, 5.74) is 2.02. The fourth-order valence-corrected chi connectivity index (χ4v) is 5.00. The maximum atomic E-state index is 13.7. The van der Waals surface area contributed by atoms with Crippen LogP contribution in [0.25, 0.3) is 21.0 Å². The number of pyridine rings is 2. The van der Waals surface area contributed by atoms with Gasteiger partial charge in [0.1, 0.15) is 10.3 Å². The van der Waals surface area contributed by atoms with Gasteiger partial charge < -0.3 is 14.6 Å². The van der Waals surface area contributed by atoms with Crippen molar-refractivity contribution < 1.29 is 9.53 Å². The summed E-state index contributed by atoms with van der Waals surface area (Å²) in [4.78, 5) is 31.5. The molecule has 3 aromatic heterocycles. The fraction of sp³-hybridized carbons (Fsp3) is 0.0800. The molecule has 0 atom stereocenters. The maximum Gasteiger partial charge on any atom is 0.269 e. The van der Waals surface area contributed by atoms with Gasteiger partial charge in [-0.2, -0.15) is 0 Å². The zero-order chi connectivity index (χ0) is 22.1. The number of anilines is 1. The quantitative estimate of drug-likeness (QED) is 0.420. The number of aromatic nitrogens is 2. The van der Waals surface area contributed by atoms with Crippen LogP contribution in [-0.2, 0) is 6.54 Å². The van der Waals surface area contributed by atoms with Crippen molar-refractivity contribution in [3.63, 3.8) is 0 Å². The van der Waals surface area contributed by atoms with E-state index in [2.05, 4.69) is 10.3 Å². The highest BCUT2D eigenvalue weighted by molar-refractivity contribution is 7.22. The van der Waals surface area contributed by atoms with Gasteiger partial charge in [-0.05, 0) is 30.3 Å². The van der Waals surface area contributed by atoms with E-state index >= 15 is 0 Å². The van der Waals surface area contributed by atoms with E-state index in [1.165, 1.54) is 18.4 Å². The van der Waals surface area contributed by atoms with E-state index in [0.29, 0.717) is 28.2 Å². The second kappa shape index (κ2) is 8.28. The van der Waals surface area contributed by atoms with Crippen LogP contribution in [0.4, 0.5) is 5.69 Å². The summed E-state index contributed by atoms with van der Waals surface area (Å²) in [7, 11) is 1.48. The SMILES string of the molecule is COc1c(C(=O)Nc2ccccc2)sc2c1c(=O)n(Cc1ccccn1)c1ccccc21. The van der Waals surface area contributed by atoms with Crippen LogP contribution in [0.15, 0.2) is 83.8 Å². The van der Waals surface area contributed by atoms with E-state index in [1.54, 1.807) is 10.8 Å². The molecule has 5 aromatic rings. The molecular weight excluding hydrogens is 422 g/mol. The Kier molecular flexibility index (Phi) is 5.17. The number of nitrogens with zero attached hydrogens (tertiary/aromatic N) is 2. The lowest BCUT2D eigenvalue weighted by Crippen LogP contribution is -2.22. The topological polar surface area (TPSA) is 73.2 Å². The Hall–Kier alpha value is -3.97. The van der Waals surface area contributed by atoms with E-state index in [-0.39, 0.29) is 11.5 Å². The molecule has 0 spiro atoms. The van der Waals surface area contributed by atoms with Crippen LogP contribution in [-0.4, -0.2) is 22.6 Å². The number of nitrogens with one attached hydrogen (secondary N) is 1. The lowest BCUT2D eigenvalue weighted by Gasteiger charge is -2.11. The minimum Gasteiger partial charge on any atom is -0.494 e. The summed E-state index contributed by atoms with van der Waals surface area (Å²) in [5.74, 6) is -0.0158. The average molecular weight is 442 g/mol. The summed E-state index contributed by atoms with van der Waals surface area (Å²) < 4.78 is 8.04. The molecule has 0 saturated heterocycles. The van der Waals surface area contributed by atoms with Gasteiger partial charge >= 0.3 is 0 Å². The van der Waals surface area contributed by atoms with E-state index in [4.69, 9.17) is 4.74 Å². The standard InChI is InChI=1S/C25H19N3O3S/c1-31-21-20-22(32-23(21)24(29)27-16-9-3-2-4-10-16)18-12-5-6-13-19(18)28(25(20)30)15-17-11-7-8-14-26-17/h2-14H,15H2,1H3,(H,27,29). The van der Waals surface area contributed by atoms with Crippen LogP contribution in [0.2, 0.25) is 0 Å². The summed E-state index contributed by atoms with van der Waals surface area (Å²) in [6, 6.07) is 22.5. The number of thiophene rings is 1. The largest absolute Gasteiger partial charge is 0.494 e. The predicted molar refractivity (Wildman–Crippen MR) is 128 cm³/mol. The minimum absolute atomic E-state index is 0.212. The Bertz CT molecular complexity index is 1490. The fourth-order valence-electron chi connectivity index (χ4n) is 3.81. The van der Waals surface area contributed by atoms with Gasteiger partial charge in [-0.25, -0.2) is 0 Å². The molecule has 0 bridgehead atoms. The molecule has 0 aliphatic rings. The Morgan fingerprint density at radius 1 is 1.03 bits per heavy atom. The zero-order valence-corrected chi connectivity index (χ0v) is 18.1. The normalized spacial score (nSPS) is 11.0. The third-order valence-corrected chi connectivity index (χ3v) is 6.45. The van der Waals surface area contributed by atoms with Gasteiger partial charge in [0.15, 0.2) is 5.75 Å². The Morgan fingerprint density at radius 2 is 1.78 bits per heavy atom. The molecule has 0 aliphatic heterocycles. The molecule has 32 heavy (non-hydrogen) atoms. The van der Waals surface area contributed by atoms with Gasteiger partial charge in [-0.1, -0.05) is 42.5 Å². The van der Waals surface area contributed by atoms with E-state index in [9.17, 15) is 9.59 Å². The molecule has 1 N–H and O–H groups in total. The first-order chi connectivity index (χ1) is 15.7. The number of rotatable bonds is 5. The summed E-state index contributed by atoms with van der Waals surface area (Å²) in [6.07, 6.45) is 1.71. The molecule has 0 aliphatic carbocycles. The number of hydrogen-bond donors (Lipinski definition) is 1. The smallest absolute Gasteiger partial charge is 0.269 e. The number of carbonyl (C=O) groups is 1. The highest BCUT2D eigenvalue weighted by Crippen LogP contribution is 2.40. The Balaban J connectivity index is 1.73. The van der Waals surface area contributed by atoms with E-state index in [1.807, 2.05) is 72.8 Å². The lowest BCUT2D eigenvalue weighted by molar-refractivity contribution is 0.102. The number of ether oxygens (including phenoxy) is 1. The third-order valence-electron chi connectivity index (χ3n) is 5.25. The summed E-state index contributed by atoms with van der Waals surface area (Å²) in [6.45, 7) is 0.320. The van der Waals surface area contributed by atoms with Gasteiger partial charge in [-0.3, -0.25) is 14.6 Å². The molecule has 3 heterocycles. The number of benzene rings is 2. The number of fused-ring (bicyclic) bond motifs is 3. The lowest BCUT2D eigenvalue weighted by atomic mass is 10.1. The summed E-state index contributed by atoms with van der Waals surface area (Å²) in [5, 5.41) is 4.19. The molecule has 0 unspecified atom stereocenters. The minimum atomic E-state index is -0.311. The van der Waals surface area contributed by atoms with Gasteiger partial charge in [0, 0.05) is 17.3 Å². The predicted octanol–water partition coefficient (Wildman–Crippen LogP) is 4.92. The molecule has 0 saturated carbocycles. The highest BCUT2D eigenvalue weighted by atomic mass is 32.1. The maximum absolute atomic E-state index is 13.7. The van der Waals surface area contributed by atoms with Crippen molar-refractivity contribution in [2.45, 2.75) is 6.54 Å². The van der Waals surface area contributed by atoms with Gasteiger partial charge in [0.05, 0.1) is 29.6 Å². The monoisotopic (exact) mass is 441 g/mol. The van der Waals surface area contributed by atoms with E-state index < -0.39 is 0 Å². The van der Waals surface area contributed by atoms with Crippen molar-refractivity contribution in [3.8, 4) is 5.75 Å². The van der Waals surface area contributed by atoms with E-state index in [0.717, 1.165) is 21.3 Å². The zero-order valence-electron chi connectivity index (χ0n) is 17.2. The number of para-hydroxylation sites is 2. The first-order valence-electron chi connectivity index (χ1n) is 10.1.